The second-order valence-electron chi connectivity index (χ2n) is 6.64. The predicted molar refractivity (Wildman–Crippen MR) is 113 cm³/mol. The molecule has 0 spiro atoms. The average Bonchev–Trinajstić information content (AvgIpc) is 2.67. The van der Waals surface area contributed by atoms with Crippen LogP contribution in [0.25, 0.3) is 0 Å². The molecule has 0 unspecified atom stereocenters. The summed E-state index contributed by atoms with van der Waals surface area (Å²) in [6.07, 6.45) is 0. The van der Waals surface area contributed by atoms with Gasteiger partial charge in [-0.1, -0.05) is 35.3 Å². The van der Waals surface area contributed by atoms with Gasteiger partial charge in [0.1, 0.15) is 0 Å². The molecule has 1 aliphatic heterocycles. The van der Waals surface area contributed by atoms with Crippen LogP contribution in [-0.4, -0.2) is 60.9 Å². The lowest BCUT2D eigenvalue weighted by molar-refractivity contribution is -0.120. The highest BCUT2D eigenvalue weighted by Crippen LogP contribution is 2.20. The Hall–Kier alpha value is -2.12. The number of benzene rings is 2. The topological polar surface area (TPSA) is 64.7 Å². The number of nitrogens with zero attached hydrogens (tertiary/aromatic N) is 2. The summed E-state index contributed by atoms with van der Waals surface area (Å²) in [6, 6.07) is 14.2. The molecule has 2 aromatic carbocycles. The van der Waals surface area contributed by atoms with Gasteiger partial charge >= 0.3 is 0 Å². The molecule has 1 heterocycles. The summed E-state index contributed by atoms with van der Waals surface area (Å²) in [4.78, 5) is 28.6. The summed E-state index contributed by atoms with van der Waals surface area (Å²) < 4.78 is 0. The van der Waals surface area contributed by atoms with Crippen molar-refractivity contribution in [1.29, 1.82) is 0 Å². The molecule has 0 saturated carbocycles. The molecule has 8 heteroatoms. The molecule has 3 rings (SSSR count). The first-order chi connectivity index (χ1) is 13.5. The average molecular weight is 421 g/mol. The maximum atomic E-state index is 12.2. The Morgan fingerprint density at radius 3 is 1.89 bits per heavy atom. The Bertz CT molecular complexity index is 821. The molecule has 1 fully saturated rings. The molecule has 1 aliphatic rings. The number of hydrogen-bond donors (Lipinski definition) is 2. The third-order valence-electron chi connectivity index (χ3n) is 4.48. The van der Waals surface area contributed by atoms with Gasteiger partial charge in [0.15, 0.2) is 0 Å². The summed E-state index contributed by atoms with van der Waals surface area (Å²) in [6.45, 7) is 3.54. The van der Waals surface area contributed by atoms with Gasteiger partial charge in [-0.05, 0) is 36.4 Å². The van der Waals surface area contributed by atoms with E-state index < -0.39 is 0 Å². The molecule has 0 radical (unpaired) electrons. The van der Waals surface area contributed by atoms with E-state index in [9.17, 15) is 9.59 Å². The van der Waals surface area contributed by atoms with Crippen LogP contribution in [0.2, 0.25) is 10.0 Å². The fraction of sp³-hybridized carbons (Fsp3) is 0.300. The minimum atomic E-state index is -0.0953. The number of hydrogen-bond acceptors (Lipinski definition) is 4. The number of halogens is 2. The normalized spacial score (nSPS) is 15.2. The first-order valence-electron chi connectivity index (χ1n) is 9.04. The minimum Gasteiger partial charge on any atom is -0.325 e. The van der Waals surface area contributed by atoms with Gasteiger partial charge in [-0.25, -0.2) is 0 Å². The van der Waals surface area contributed by atoms with Crippen LogP contribution in [0.15, 0.2) is 48.5 Å². The SMILES string of the molecule is O=C(CN1CCN(CC(=O)Nc2ccccc2Cl)CC1)Nc1ccc(Cl)cc1. The van der Waals surface area contributed by atoms with Crippen molar-refractivity contribution in [3.05, 3.63) is 58.6 Å². The van der Waals surface area contributed by atoms with Gasteiger partial charge in [0.05, 0.1) is 23.8 Å². The van der Waals surface area contributed by atoms with Crippen molar-refractivity contribution >= 4 is 46.4 Å². The fourth-order valence-electron chi connectivity index (χ4n) is 3.00. The largest absolute Gasteiger partial charge is 0.325 e. The summed E-state index contributed by atoms with van der Waals surface area (Å²) >= 11 is 11.9. The second kappa shape index (κ2) is 9.89. The van der Waals surface area contributed by atoms with E-state index in [2.05, 4.69) is 20.4 Å². The molecule has 2 aromatic rings. The summed E-state index contributed by atoms with van der Waals surface area (Å²) in [7, 11) is 0. The van der Waals surface area contributed by atoms with E-state index in [0.717, 1.165) is 31.9 Å². The Labute approximate surface area is 174 Å². The zero-order valence-corrected chi connectivity index (χ0v) is 16.8. The zero-order chi connectivity index (χ0) is 19.9. The summed E-state index contributed by atoms with van der Waals surface area (Å²) in [5.41, 5.74) is 1.34. The molecule has 0 aliphatic carbocycles. The van der Waals surface area contributed by atoms with Gasteiger partial charge < -0.3 is 10.6 Å². The van der Waals surface area contributed by atoms with Gasteiger partial charge in [0, 0.05) is 36.9 Å². The predicted octanol–water partition coefficient (Wildman–Crippen LogP) is 3.19. The Morgan fingerprint density at radius 2 is 1.32 bits per heavy atom. The maximum absolute atomic E-state index is 12.2. The molecule has 0 aromatic heterocycles. The third kappa shape index (κ3) is 6.21. The molecule has 148 valence electrons. The Morgan fingerprint density at radius 1 is 0.786 bits per heavy atom. The molecule has 0 atom stereocenters. The maximum Gasteiger partial charge on any atom is 0.238 e. The van der Waals surface area contributed by atoms with Gasteiger partial charge in [-0.15, -0.1) is 0 Å². The molecule has 28 heavy (non-hydrogen) atoms. The quantitative estimate of drug-likeness (QED) is 0.752. The van der Waals surface area contributed by atoms with Crippen LogP contribution in [0.5, 0.6) is 0 Å². The third-order valence-corrected chi connectivity index (χ3v) is 5.06. The number of rotatable bonds is 6. The van der Waals surface area contributed by atoms with Crippen LogP contribution in [0.4, 0.5) is 11.4 Å². The Balaban J connectivity index is 1.39. The zero-order valence-electron chi connectivity index (χ0n) is 15.3. The minimum absolute atomic E-state index is 0.0627. The van der Waals surface area contributed by atoms with E-state index in [0.29, 0.717) is 28.8 Å². The summed E-state index contributed by atoms with van der Waals surface area (Å²) in [5.74, 6) is -0.158. The number of anilines is 2. The van der Waals surface area contributed by atoms with Crippen LogP contribution >= 0.6 is 23.2 Å². The van der Waals surface area contributed by atoms with E-state index >= 15 is 0 Å². The smallest absolute Gasteiger partial charge is 0.238 e. The fourth-order valence-corrected chi connectivity index (χ4v) is 3.31. The van der Waals surface area contributed by atoms with Crippen molar-refractivity contribution in [3.8, 4) is 0 Å². The number of carbonyl (C=O) groups excluding carboxylic acids is 2. The molecule has 0 bridgehead atoms. The number of amides is 2. The van der Waals surface area contributed by atoms with Crippen molar-refractivity contribution in [2.24, 2.45) is 0 Å². The molecular weight excluding hydrogens is 399 g/mol. The second-order valence-corrected chi connectivity index (χ2v) is 7.48. The van der Waals surface area contributed by atoms with Crippen molar-refractivity contribution < 1.29 is 9.59 Å². The highest BCUT2D eigenvalue weighted by atomic mass is 35.5. The van der Waals surface area contributed by atoms with Crippen LogP contribution in [0, 0.1) is 0 Å². The highest BCUT2D eigenvalue weighted by Gasteiger charge is 2.21. The standard InChI is InChI=1S/C20H22Cl2N4O2/c21-15-5-7-16(8-6-15)23-19(27)13-25-9-11-26(12-10-25)14-20(28)24-18-4-2-1-3-17(18)22/h1-8H,9-14H2,(H,23,27)(H,24,28). The lowest BCUT2D eigenvalue weighted by Gasteiger charge is -2.33. The van der Waals surface area contributed by atoms with E-state index in [1.807, 2.05) is 12.1 Å². The summed E-state index contributed by atoms with van der Waals surface area (Å²) in [5, 5.41) is 6.85. The lowest BCUT2D eigenvalue weighted by Crippen LogP contribution is -2.50. The number of piperazine rings is 1. The van der Waals surface area contributed by atoms with Gasteiger partial charge in [-0.3, -0.25) is 19.4 Å². The molecule has 6 nitrogen and oxygen atoms in total. The van der Waals surface area contributed by atoms with Gasteiger partial charge in [0.2, 0.25) is 11.8 Å². The van der Waals surface area contributed by atoms with Gasteiger partial charge in [0.25, 0.3) is 0 Å². The number of para-hydroxylation sites is 1. The Kier molecular flexibility index (Phi) is 7.28. The van der Waals surface area contributed by atoms with Crippen LogP contribution in [0.1, 0.15) is 0 Å². The molecule has 2 N–H and O–H groups in total. The molecule has 2 amide bonds. The first-order valence-corrected chi connectivity index (χ1v) is 9.80. The van der Waals surface area contributed by atoms with Crippen molar-refractivity contribution in [2.75, 3.05) is 49.9 Å². The molecule has 1 saturated heterocycles. The monoisotopic (exact) mass is 420 g/mol. The van der Waals surface area contributed by atoms with E-state index in [4.69, 9.17) is 23.2 Å². The van der Waals surface area contributed by atoms with Crippen molar-refractivity contribution in [3.63, 3.8) is 0 Å². The van der Waals surface area contributed by atoms with Crippen molar-refractivity contribution in [2.45, 2.75) is 0 Å². The van der Waals surface area contributed by atoms with Crippen LogP contribution in [-0.2, 0) is 9.59 Å². The van der Waals surface area contributed by atoms with Crippen molar-refractivity contribution in [1.82, 2.24) is 9.80 Å². The number of nitrogens with one attached hydrogen (secondary N) is 2. The lowest BCUT2D eigenvalue weighted by atomic mass is 10.3. The number of carbonyl (C=O) groups is 2. The van der Waals surface area contributed by atoms with E-state index in [-0.39, 0.29) is 11.8 Å². The van der Waals surface area contributed by atoms with E-state index in [1.54, 1.807) is 36.4 Å². The highest BCUT2D eigenvalue weighted by molar-refractivity contribution is 6.33. The molecular formula is C20H22Cl2N4O2. The first kappa shape index (κ1) is 20.6. The van der Waals surface area contributed by atoms with Crippen LogP contribution in [0.3, 0.4) is 0 Å². The van der Waals surface area contributed by atoms with E-state index in [1.165, 1.54) is 0 Å². The van der Waals surface area contributed by atoms with Gasteiger partial charge in [-0.2, -0.15) is 0 Å². The van der Waals surface area contributed by atoms with Crippen LogP contribution < -0.4 is 10.6 Å².